The number of rotatable bonds is 12. The molecule has 0 heterocycles. The van der Waals surface area contributed by atoms with Crippen LogP contribution in [-0.2, 0) is 38.5 Å². The Balaban J connectivity index is 1.55. The van der Waals surface area contributed by atoms with Crippen LogP contribution >= 0.6 is 0 Å². The van der Waals surface area contributed by atoms with E-state index in [9.17, 15) is 0 Å². The van der Waals surface area contributed by atoms with Crippen LogP contribution in [0.5, 0.6) is 0 Å². The van der Waals surface area contributed by atoms with Gasteiger partial charge < -0.3 is 4.90 Å². The highest BCUT2D eigenvalue weighted by Crippen LogP contribution is 2.42. The number of aryl methyl sites for hydroxylation is 9. The third kappa shape index (κ3) is 7.38. The molecule has 6 rings (SSSR count). The van der Waals surface area contributed by atoms with E-state index < -0.39 is 0 Å². The van der Waals surface area contributed by atoms with Crippen molar-refractivity contribution >= 4 is 17.1 Å². The summed E-state index contributed by atoms with van der Waals surface area (Å²) < 4.78 is 0. The summed E-state index contributed by atoms with van der Waals surface area (Å²) in [4.78, 5) is 2.50. The lowest BCUT2D eigenvalue weighted by Crippen LogP contribution is -2.12. The Kier molecular flexibility index (Phi) is 11.5. The van der Waals surface area contributed by atoms with Crippen molar-refractivity contribution in [3.8, 4) is 33.4 Å². The minimum atomic E-state index is 0.965. The first-order chi connectivity index (χ1) is 25.2. The van der Waals surface area contributed by atoms with Gasteiger partial charge in [0, 0.05) is 17.1 Å². The normalized spacial score (nSPS) is 11.2. The Morgan fingerprint density at radius 1 is 0.288 bits per heavy atom. The van der Waals surface area contributed by atoms with Crippen molar-refractivity contribution in [2.75, 3.05) is 4.90 Å². The topological polar surface area (TPSA) is 3.24 Å². The monoisotopic (exact) mass is 683 g/mol. The minimum Gasteiger partial charge on any atom is -0.310 e. The van der Waals surface area contributed by atoms with Crippen LogP contribution in [0.3, 0.4) is 0 Å². The molecule has 0 fully saturated rings. The van der Waals surface area contributed by atoms with E-state index in [1.807, 2.05) is 0 Å². The lowest BCUT2D eigenvalue weighted by Gasteiger charge is -2.29. The highest BCUT2D eigenvalue weighted by atomic mass is 15.1. The lowest BCUT2D eigenvalue weighted by molar-refractivity contribution is 1.10. The highest BCUT2D eigenvalue weighted by molar-refractivity contribution is 5.85. The number of benzene rings is 6. The molecule has 6 aromatic carbocycles. The average Bonchev–Trinajstić information content (AvgIpc) is 3.17. The Morgan fingerprint density at radius 3 is 0.731 bits per heavy atom. The van der Waals surface area contributed by atoms with Gasteiger partial charge in [-0.15, -0.1) is 0 Å². The minimum absolute atomic E-state index is 0.965. The molecule has 266 valence electrons. The average molecular weight is 684 g/mol. The Labute approximate surface area is 314 Å². The standard InChI is InChI=1S/C51H57N/c1-10-37-28-34(7)16-22-46(37)49-25-19-43(31-40(49)13-4)52(44-20-26-50(41(14-5)32-44)47-23-17-35(8)29-38(47)11-2)45-21-27-51(42(15-6)33-45)48-24-18-36(9)30-39(48)12-3/h16-33H,10-15H2,1-9H3. The summed E-state index contributed by atoms with van der Waals surface area (Å²) in [6.45, 7) is 20.3. The fourth-order valence-corrected chi connectivity index (χ4v) is 8.10. The van der Waals surface area contributed by atoms with Gasteiger partial charge in [-0.3, -0.25) is 0 Å². The summed E-state index contributed by atoms with van der Waals surface area (Å²) in [5, 5.41) is 0. The molecule has 0 aliphatic carbocycles. The molecule has 0 saturated carbocycles. The lowest BCUT2D eigenvalue weighted by atomic mass is 9.90. The van der Waals surface area contributed by atoms with Gasteiger partial charge in [0.15, 0.2) is 0 Å². The van der Waals surface area contributed by atoms with E-state index in [2.05, 4.69) is 176 Å². The molecular formula is C51H57N. The molecule has 0 radical (unpaired) electrons. The van der Waals surface area contributed by atoms with Crippen LogP contribution in [0.2, 0.25) is 0 Å². The second kappa shape index (κ2) is 16.2. The summed E-state index contributed by atoms with van der Waals surface area (Å²) in [6.07, 6.45) is 5.96. The van der Waals surface area contributed by atoms with Crippen LogP contribution in [0.4, 0.5) is 17.1 Å². The third-order valence-electron chi connectivity index (χ3n) is 11.0. The second-order valence-electron chi connectivity index (χ2n) is 14.5. The molecule has 0 spiro atoms. The zero-order chi connectivity index (χ0) is 36.9. The first kappa shape index (κ1) is 36.9. The molecular weight excluding hydrogens is 627 g/mol. The summed E-state index contributed by atoms with van der Waals surface area (Å²) in [6, 6.07) is 42.3. The summed E-state index contributed by atoms with van der Waals surface area (Å²) in [5.41, 5.74) is 24.0. The SMILES string of the molecule is CCc1cc(C)ccc1-c1ccc(N(c2ccc(-c3ccc(C)cc3CC)c(CC)c2)c2ccc(-c3ccc(C)cc3CC)c(CC)c2)cc1CC. The zero-order valence-corrected chi connectivity index (χ0v) is 33.1. The first-order valence-corrected chi connectivity index (χ1v) is 19.7. The molecule has 6 aromatic rings. The molecule has 52 heavy (non-hydrogen) atoms. The van der Waals surface area contributed by atoms with E-state index in [1.54, 1.807) is 0 Å². The van der Waals surface area contributed by atoms with Gasteiger partial charge in [0.2, 0.25) is 0 Å². The van der Waals surface area contributed by atoms with Gasteiger partial charge >= 0.3 is 0 Å². The van der Waals surface area contributed by atoms with Crippen LogP contribution < -0.4 is 4.90 Å². The number of hydrogen-bond acceptors (Lipinski definition) is 1. The van der Waals surface area contributed by atoms with Crippen molar-refractivity contribution in [3.05, 3.63) is 159 Å². The molecule has 0 saturated heterocycles. The molecule has 0 N–H and O–H groups in total. The van der Waals surface area contributed by atoms with Gasteiger partial charge in [0.1, 0.15) is 0 Å². The maximum absolute atomic E-state index is 2.50. The van der Waals surface area contributed by atoms with Gasteiger partial charge in [0.05, 0.1) is 0 Å². The summed E-state index contributed by atoms with van der Waals surface area (Å²) in [7, 11) is 0. The van der Waals surface area contributed by atoms with E-state index in [0.717, 1.165) is 38.5 Å². The van der Waals surface area contributed by atoms with E-state index in [4.69, 9.17) is 0 Å². The van der Waals surface area contributed by atoms with Gasteiger partial charge in [-0.25, -0.2) is 0 Å². The number of hydrogen-bond donors (Lipinski definition) is 0. The van der Waals surface area contributed by atoms with Crippen molar-refractivity contribution in [2.24, 2.45) is 0 Å². The number of nitrogens with zero attached hydrogens (tertiary/aromatic N) is 1. The molecule has 1 nitrogen and oxygen atoms in total. The van der Waals surface area contributed by atoms with Crippen LogP contribution in [0, 0.1) is 20.8 Å². The van der Waals surface area contributed by atoms with E-state index >= 15 is 0 Å². The second-order valence-corrected chi connectivity index (χ2v) is 14.5. The molecule has 0 amide bonds. The predicted octanol–water partition coefficient (Wildman–Crippen LogP) is 14.5. The molecule has 0 aliphatic heterocycles. The van der Waals surface area contributed by atoms with E-state index in [0.29, 0.717) is 0 Å². The maximum atomic E-state index is 2.50. The van der Waals surface area contributed by atoms with Crippen molar-refractivity contribution < 1.29 is 0 Å². The Morgan fingerprint density at radius 2 is 0.500 bits per heavy atom. The van der Waals surface area contributed by atoms with E-state index in [1.165, 1.54) is 101 Å². The van der Waals surface area contributed by atoms with Crippen molar-refractivity contribution in [3.63, 3.8) is 0 Å². The fraction of sp³-hybridized carbons (Fsp3) is 0.294. The molecule has 1 heteroatoms. The fourth-order valence-electron chi connectivity index (χ4n) is 8.10. The molecule has 0 aromatic heterocycles. The quantitative estimate of drug-likeness (QED) is 0.124. The zero-order valence-electron chi connectivity index (χ0n) is 33.1. The molecule has 0 aliphatic rings. The van der Waals surface area contributed by atoms with Crippen molar-refractivity contribution in [2.45, 2.75) is 101 Å². The smallest absolute Gasteiger partial charge is 0.0464 e. The number of anilines is 3. The van der Waals surface area contributed by atoms with Gasteiger partial charge in [0.25, 0.3) is 0 Å². The first-order valence-electron chi connectivity index (χ1n) is 19.7. The van der Waals surface area contributed by atoms with Crippen LogP contribution in [0.15, 0.2) is 109 Å². The van der Waals surface area contributed by atoms with Crippen LogP contribution in [-0.4, -0.2) is 0 Å². The van der Waals surface area contributed by atoms with Crippen molar-refractivity contribution in [1.82, 2.24) is 0 Å². The van der Waals surface area contributed by atoms with Gasteiger partial charge in [-0.2, -0.15) is 0 Å². The van der Waals surface area contributed by atoms with Gasteiger partial charge in [-0.05, 0) is 162 Å². The summed E-state index contributed by atoms with van der Waals surface area (Å²) in [5.74, 6) is 0. The Bertz CT molecular complexity index is 1950. The van der Waals surface area contributed by atoms with Crippen LogP contribution in [0.1, 0.15) is 91.6 Å². The molecule has 0 bridgehead atoms. The highest BCUT2D eigenvalue weighted by Gasteiger charge is 2.20. The van der Waals surface area contributed by atoms with Crippen molar-refractivity contribution in [1.29, 1.82) is 0 Å². The van der Waals surface area contributed by atoms with Crippen LogP contribution in [0.25, 0.3) is 33.4 Å². The van der Waals surface area contributed by atoms with Gasteiger partial charge in [-0.1, -0.05) is 131 Å². The molecule has 0 atom stereocenters. The Hall–Kier alpha value is -4.88. The third-order valence-corrected chi connectivity index (χ3v) is 11.0. The predicted molar refractivity (Wildman–Crippen MR) is 228 cm³/mol. The van der Waals surface area contributed by atoms with E-state index in [-0.39, 0.29) is 0 Å². The largest absolute Gasteiger partial charge is 0.310 e. The maximum Gasteiger partial charge on any atom is 0.0464 e. The summed E-state index contributed by atoms with van der Waals surface area (Å²) >= 11 is 0. The molecule has 0 unspecified atom stereocenters.